The van der Waals surface area contributed by atoms with Crippen molar-refractivity contribution in [2.24, 2.45) is 0 Å². The van der Waals surface area contributed by atoms with Crippen LogP contribution in [0.1, 0.15) is 25.3 Å². The molecule has 126 valence electrons. The molecular weight excluding hydrogens is 312 g/mol. The topological polar surface area (TPSA) is 57.7 Å². The fourth-order valence-electron chi connectivity index (χ4n) is 2.75. The molecule has 0 aliphatic carbocycles. The molecule has 1 heterocycles. The second kappa shape index (κ2) is 7.27. The van der Waals surface area contributed by atoms with Crippen molar-refractivity contribution in [2.75, 3.05) is 20.6 Å². The van der Waals surface area contributed by atoms with Gasteiger partial charge in [-0.2, -0.15) is 4.31 Å². The molecule has 1 aliphatic heterocycles. The Labute approximate surface area is 138 Å². The van der Waals surface area contributed by atoms with Gasteiger partial charge in [-0.1, -0.05) is 42.5 Å². The lowest BCUT2D eigenvalue weighted by Gasteiger charge is -2.26. The number of benzene rings is 1. The second-order valence-corrected chi connectivity index (χ2v) is 8.22. The van der Waals surface area contributed by atoms with Crippen LogP contribution in [0.25, 0.3) is 6.08 Å². The van der Waals surface area contributed by atoms with Gasteiger partial charge in [-0.05, 0) is 25.3 Å². The first-order valence-corrected chi connectivity index (χ1v) is 9.29. The molecule has 2 atom stereocenters. The molecule has 1 amide bonds. The molecule has 0 N–H and O–H groups in total. The predicted molar refractivity (Wildman–Crippen MR) is 92.3 cm³/mol. The van der Waals surface area contributed by atoms with Crippen LogP contribution in [0.2, 0.25) is 0 Å². The summed E-state index contributed by atoms with van der Waals surface area (Å²) in [6, 6.07) is 9.60. The summed E-state index contributed by atoms with van der Waals surface area (Å²) < 4.78 is 27.0. The van der Waals surface area contributed by atoms with E-state index in [4.69, 9.17) is 0 Å². The van der Waals surface area contributed by atoms with Crippen molar-refractivity contribution >= 4 is 22.0 Å². The Morgan fingerprint density at radius 1 is 1.30 bits per heavy atom. The first-order valence-electron chi connectivity index (χ1n) is 7.79. The molecule has 0 spiro atoms. The van der Waals surface area contributed by atoms with Crippen molar-refractivity contribution in [3.63, 3.8) is 0 Å². The van der Waals surface area contributed by atoms with Gasteiger partial charge in [-0.3, -0.25) is 4.79 Å². The largest absolute Gasteiger partial charge is 0.348 e. The van der Waals surface area contributed by atoms with Gasteiger partial charge in [0.2, 0.25) is 15.9 Å². The molecule has 1 saturated heterocycles. The highest BCUT2D eigenvalue weighted by Crippen LogP contribution is 2.25. The van der Waals surface area contributed by atoms with Gasteiger partial charge < -0.3 is 4.90 Å². The number of rotatable bonds is 5. The molecule has 1 fully saturated rings. The molecule has 1 aromatic rings. The summed E-state index contributed by atoms with van der Waals surface area (Å²) in [6.45, 7) is 1.94. The first-order chi connectivity index (χ1) is 10.8. The number of carbonyl (C=O) groups excluding carboxylic acids is 1. The van der Waals surface area contributed by atoms with E-state index in [0.29, 0.717) is 6.54 Å². The summed E-state index contributed by atoms with van der Waals surface area (Å²) in [5.74, 6) is -0.386. The summed E-state index contributed by atoms with van der Waals surface area (Å²) in [5, 5.41) is -1.05. The number of nitrogens with zero attached hydrogens (tertiary/aromatic N) is 2. The fourth-order valence-corrected chi connectivity index (χ4v) is 4.56. The molecule has 1 aromatic carbocycles. The van der Waals surface area contributed by atoms with Crippen LogP contribution in [0.4, 0.5) is 0 Å². The molecule has 0 bridgehead atoms. The van der Waals surface area contributed by atoms with Crippen molar-refractivity contribution in [2.45, 2.75) is 31.1 Å². The minimum absolute atomic E-state index is 0.183. The molecule has 5 nitrogen and oxygen atoms in total. The summed E-state index contributed by atoms with van der Waals surface area (Å²) in [6.07, 6.45) is 5.46. The standard InChI is InChI=1S/C17H24N2O3S/c1-14(17(20)18(2)3)23(21,22)19-13-7-10-16(19)12-11-15-8-5-4-6-9-15/h4-6,8-9,11-12,14,16H,7,10,13H2,1-3H3/b12-11+/t14-,16-/m1/s1. The number of amides is 1. The molecule has 0 radical (unpaired) electrons. The summed E-state index contributed by atoms with van der Waals surface area (Å²) in [4.78, 5) is 13.4. The predicted octanol–water partition coefficient (Wildman–Crippen LogP) is 1.97. The van der Waals surface area contributed by atoms with Crippen LogP contribution in [0.5, 0.6) is 0 Å². The summed E-state index contributed by atoms with van der Waals surface area (Å²) >= 11 is 0. The SMILES string of the molecule is C[C@H](C(=O)N(C)C)S(=O)(=O)N1CCC[C@@H]1/C=C/c1ccccc1. The Morgan fingerprint density at radius 3 is 2.57 bits per heavy atom. The summed E-state index contributed by atoms with van der Waals surface area (Å²) in [7, 11) is -0.497. The van der Waals surface area contributed by atoms with Gasteiger partial charge in [0.05, 0.1) is 0 Å². The second-order valence-electron chi connectivity index (χ2n) is 6.01. The number of carbonyl (C=O) groups is 1. The van der Waals surface area contributed by atoms with E-state index in [1.165, 1.54) is 16.1 Å². The average Bonchev–Trinajstić information content (AvgIpc) is 3.01. The highest BCUT2D eigenvalue weighted by molar-refractivity contribution is 7.90. The van der Waals surface area contributed by atoms with E-state index in [2.05, 4.69) is 0 Å². The van der Waals surface area contributed by atoms with E-state index in [-0.39, 0.29) is 11.9 Å². The van der Waals surface area contributed by atoms with E-state index in [1.807, 2.05) is 42.5 Å². The van der Waals surface area contributed by atoms with Crippen LogP contribution in [0, 0.1) is 0 Å². The molecular formula is C17H24N2O3S. The Morgan fingerprint density at radius 2 is 1.96 bits per heavy atom. The van der Waals surface area contributed by atoms with E-state index < -0.39 is 15.3 Å². The molecule has 0 unspecified atom stereocenters. The first kappa shape index (κ1) is 17.7. The van der Waals surface area contributed by atoms with E-state index in [1.54, 1.807) is 14.1 Å². The van der Waals surface area contributed by atoms with E-state index >= 15 is 0 Å². The molecule has 23 heavy (non-hydrogen) atoms. The molecule has 2 rings (SSSR count). The molecule has 0 aromatic heterocycles. The van der Waals surface area contributed by atoms with Crippen LogP contribution >= 0.6 is 0 Å². The highest BCUT2D eigenvalue weighted by Gasteiger charge is 2.39. The maximum atomic E-state index is 12.7. The van der Waals surface area contributed by atoms with Crippen molar-refractivity contribution in [1.82, 2.24) is 9.21 Å². The lowest BCUT2D eigenvalue weighted by Crippen LogP contribution is -2.46. The maximum Gasteiger partial charge on any atom is 0.241 e. The van der Waals surface area contributed by atoms with Crippen LogP contribution in [0.3, 0.4) is 0 Å². The maximum absolute atomic E-state index is 12.7. The molecule has 6 heteroatoms. The van der Waals surface area contributed by atoms with Crippen LogP contribution in [-0.4, -0.2) is 55.5 Å². The quantitative estimate of drug-likeness (QED) is 0.826. The smallest absolute Gasteiger partial charge is 0.241 e. The van der Waals surface area contributed by atoms with Gasteiger partial charge in [0.15, 0.2) is 5.25 Å². The Balaban J connectivity index is 2.17. The van der Waals surface area contributed by atoms with Gasteiger partial charge >= 0.3 is 0 Å². The monoisotopic (exact) mass is 336 g/mol. The summed E-state index contributed by atoms with van der Waals surface area (Å²) in [5.41, 5.74) is 1.04. The van der Waals surface area contributed by atoms with Crippen LogP contribution < -0.4 is 0 Å². The van der Waals surface area contributed by atoms with Gasteiger partial charge in [-0.15, -0.1) is 0 Å². The highest BCUT2D eigenvalue weighted by atomic mass is 32.2. The van der Waals surface area contributed by atoms with Crippen LogP contribution in [-0.2, 0) is 14.8 Å². The van der Waals surface area contributed by atoms with Crippen molar-refractivity contribution in [1.29, 1.82) is 0 Å². The number of sulfonamides is 1. The zero-order chi connectivity index (χ0) is 17.0. The molecule has 1 aliphatic rings. The zero-order valence-electron chi connectivity index (χ0n) is 13.8. The Hall–Kier alpha value is -1.66. The zero-order valence-corrected chi connectivity index (χ0v) is 14.7. The van der Waals surface area contributed by atoms with E-state index in [9.17, 15) is 13.2 Å². The normalized spacial score (nSPS) is 20.7. The lowest BCUT2D eigenvalue weighted by atomic mass is 10.1. The van der Waals surface area contributed by atoms with Gasteiger partial charge in [0.25, 0.3) is 0 Å². The van der Waals surface area contributed by atoms with Crippen molar-refractivity contribution in [3.8, 4) is 0 Å². The van der Waals surface area contributed by atoms with Gasteiger partial charge in [0.1, 0.15) is 0 Å². The Kier molecular flexibility index (Phi) is 5.59. The van der Waals surface area contributed by atoms with Gasteiger partial charge in [-0.25, -0.2) is 8.42 Å². The number of hydrogen-bond acceptors (Lipinski definition) is 3. The fraction of sp³-hybridized carbons (Fsp3) is 0.471. The minimum atomic E-state index is -3.65. The van der Waals surface area contributed by atoms with Crippen molar-refractivity contribution in [3.05, 3.63) is 42.0 Å². The third kappa shape index (κ3) is 4.00. The van der Waals surface area contributed by atoms with Crippen molar-refractivity contribution < 1.29 is 13.2 Å². The third-order valence-corrected chi connectivity index (χ3v) is 6.32. The van der Waals surface area contributed by atoms with Crippen LogP contribution in [0.15, 0.2) is 36.4 Å². The minimum Gasteiger partial charge on any atom is -0.348 e. The number of hydrogen-bond donors (Lipinski definition) is 0. The lowest BCUT2D eigenvalue weighted by molar-refractivity contribution is -0.128. The average molecular weight is 336 g/mol. The third-order valence-electron chi connectivity index (χ3n) is 4.12. The van der Waals surface area contributed by atoms with E-state index in [0.717, 1.165) is 18.4 Å². The molecule has 0 saturated carbocycles. The Bertz CT molecular complexity index is 668. The van der Waals surface area contributed by atoms with Gasteiger partial charge in [0, 0.05) is 26.7 Å².